The molecule has 0 amide bonds. The highest BCUT2D eigenvalue weighted by Crippen LogP contribution is 2.27. The molecule has 1 fully saturated rings. The minimum atomic E-state index is 0. The average Bonchev–Trinajstić information content (AvgIpc) is 3.28. The van der Waals surface area contributed by atoms with Crippen LogP contribution in [0, 0.1) is 19.8 Å². The summed E-state index contributed by atoms with van der Waals surface area (Å²) in [6.45, 7) is 10.3. The summed E-state index contributed by atoms with van der Waals surface area (Å²) in [4.78, 5) is 4.71. The Labute approximate surface area is 156 Å². The second-order valence-electron chi connectivity index (χ2n) is 5.88. The highest BCUT2D eigenvalue weighted by molar-refractivity contribution is 14.0. The SMILES string of the molecule is CCNC(=NCc1c(C)nn(CCOC)c1C)NCC1CC1.I. The topological polar surface area (TPSA) is 63.5 Å². The molecule has 1 aliphatic rings. The Morgan fingerprint density at radius 3 is 2.70 bits per heavy atom. The van der Waals surface area contributed by atoms with Gasteiger partial charge >= 0.3 is 0 Å². The number of hydrogen-bond acceptors (Lipinski definition) is 3. The van der Waals surface area contributed by atoms with Gasteiger partial charge in [-0.3, -0.25) is 4.68 Å². The predicted octanol–water partition coefficient (Wildman–Crippen LogP) is 2.23. The number of halogens is 1. The van der Waals surface area contributed by atoms with Crippen molar-refractivity contribution in [2.45, 2.75) is 46.7 Å². The van der Waals surface area contributed by atoms with Crippen molar-refractivity contribution in [3.05, 3.63) is 17.0 Å². The molecule has 2 rings (SSSR count). The highest BCUT2D eigenvalue weighted by atomic mass is 127. The lowest BCUT2D eigenvalue weighted by Crippen LogP contribution is -2.38. The Morgan fingerprint density at radius 2 is 2.09 bits per heavy atom. The maximum absolute atomic E-state index is 5.13. The Morgan fingerprint density at radius 1 is 1.35 bits per heavy atom. The lowest BCUT2D eigenvalue weighted by Gasteiger charge is -2.10. The van der Waals surface area contributed by atoms with Crippen molar-refractivity contribution in [3.63, 3.8) is 0 Å². The van der Waals surface area contributed by atoms with Gasteiger partial charge in [0, 0.05) is 31.5 Å². The minimum absolute atomic E-state index is 0. The van der Waals surface area contributed by atoms with E-state index >= 15 is 0 Å². The molecule has 1 saturated carbocycles. The number of hydrogen-bond donors (Lipinski definition) is 2. The second-order valence-corrected chi connectivity index (χ2v) is 5.88. The average molecular weight is 435 g/mol. The van der Waals surface area contributed by atoms with Gasteiger partial charge in [-0.2, -0.15) is 5.10 Å². The molecule has 1 heterocycles. The van der Waals surface area contributed by atoms with Crippen LogP contribution in [0.3, 0.4) is 0 Å². The molecule has 7 heteroatoms. The van der Waals surface area contributed by atoms with Crippen LogP contribution in [0.1, 0.15) is 36.7 Å². The van der Waals surface area contributed by atoms with E-state index in [0.29, 0.717) is 13.2 Å². The Hall–Kier alpha value is -0.830. The van der Waals surface area contributed by atoms with Crippen LogP contribution < -0.4 is 10.6 Å². The fraction of sp³-hybridized carbons (Fsp3) is 0.750. The molecule has 1 aromatic rings. The van der Waals surface area contributed by atoms with Crippen LogP contribution in [0.4, 0.5) is 0 Å². The van der Waals surface area contributed by atoms with Crippen molar-refractivity contribution < 1.29 is 4.74 Å². The fourth-order valence-corrected chi connectivity index (χ4v) is 2.42. The van der Waals surface area contributed by atoms with Crippen LogP contribution in [-0.2, 0) is 17.8 Å². The molecular formula is C16H30IN5O. The zero-order chi connectivity index (χ0) is 15.9. The van der Waals surface area contributed by atoms with Crippen molar-refractivity contribution >= 4 is 29.9 Å². The lowest BCUT2D eigenvalue weighted by atomic mass is 10.2. The van der Waals surface area contributed by atoms with E-state index in [2.05, 4.69) is 29.6 Å². The first-order valence-electron chi connectivity index (χ1n) is 8.19. The van der Waals surface area contributed by atoms with Crippen LogP contribution >= 0.6 is 24.0 Å². The van der Waals surface area contributed by atoms with Crippen molar-refractivity contribution in [1.82, 2.24) is 20.4 Å². The number of ether oxygens (including phenoxy) is 1. The first-order valence-corrected chi connectivity index (χ1v) is 8.19. The molecule has 0 atom stereocenters. The fourth-order valence-electron chi connectivity index (χ4n) is 2.42. The standard InChI is InChI=1S/C16H29N5O.HI/c1-5-17-16(18-10-14-6-7-14)19-11-15-12(2)20-21(13(15)3)8-9-22-4;/h14H,5-11H2,1-4H3,(H2,17,18,19);1H. The van der Waals surface area contributed by atoms with Gasteiger partial charge in [-0.05, 0) is 39.5 Å². The van der Waals surface area contributed by atoms with Gasteiger partial charge in [0.25, 0.3) is 0 Å². The molecule has 0 radical (unpaired) electrons. The number of rotatable bonds is 8. The van der Waals surface area contributed by atoms with E-state index in [4.69, 9.17) is 9.73 Å². The summed E-state index contributed by atoms with van der Waals surface area (Å²) in [7, 11) is 1.71. The number of aryl methyl sites for hydroxylation is 1. The van der Waals surface area contributed by atoms with Gasteiger partial charge in [0.1, 0.15) is 0 Å². The third-order valence-corrected chi connectivity index (χ3v) is 4.03. The Bertz CT molecular complexity index is 511. The van der Waals surface area contributed by atoms with E-state index in [1.165, 1.54) is 24.1 Å². The molecule has 0 aromatic carbocycles. The first-order chi connectivity index (χ1) is 10.7. The monoisotopic (exact) mass is 435 g/mol. The number of guanidine groups is 1. The van der Waals surface area contributed by atoms with Crippen LogP contribution in [0.5, 0.6) is 0 Å². The summed E-state index contributed by atoms with van der Waals surface area (Å²) in [5.74, 6) is 1.74. The molecule has 132 valence electrons. The minimum Gasteiger partial charge on any atom is -0.383 e. The highest BCUT2D eigenvalue weighted by Gasteiger charge is 2.21. The molecule has 6 nitrogen and oxygen atoms in total. The third kappa shape index (κ3) is 6.29. The molecule has 0 saturated heterocycles. The van der Waals surface area contributed by atoms with Gasteiger partial charge in [0.05, 0.1) is 25.4 Å². The van der Waals surface area contributed by atoms with Gasteiger partial charge in [-0.25, -0.2) is 4.99 Å². The van der Waals surface area contributed by atoms with E-state index in [-0.39, 0.29) is 24.0 Å². The van der Waals surface area contributed by atoms with Gasteiger partial charge in [-0.15, -0.1) is 24.0 Å². The number of nitrogens with zero attached hydrogens (tertiary/aromatic N) is 3. The zero-order valence-corrected chi connectivity index (χ0v) is 17.0. The molecule has 0 aliphatic heterocycles. The molecule has 0 unspecified atom stereocenters. The second kappa shape index (κ2) is 10.1. The number of aromatic nitrogens is 2. The molecule has 1 aliphatic carbocycles. The van der Waals surface area contributed by atoms with Crippen LogP contribution in [0.25, 0.3) is 0 Å². The summed E-state index contributed by atoms with van der Waals surface area (Å²) in [6, 6.07) is 0. The molecule has 2 N–H and O–H groups in total. The molecule has 1 aromatic heterocycles. The van der Waals surface area contributed by atoms with Crippen molar-refractivity contribution in [3.8, 4) is 0 Å². The summed E-state index contributed by atoms with van der Waals surface area (Å²) < 4.78 is 7.14. The van der Waals surface area contributed by atoms with E-state index < -0.39 is 0 Å². The van der Waals surface area contributed by atoms with Crippen molar-refractivity contribution in [1.29, 1.82) is 0 Å². The van der Waals surface area contributed by atoms with Crippen LogP contribution in [0.15, 0.2) is 4.99 Å². The quantitative estimate of drug-likeness (QED) is 0.374. The summed E-state index contributed by atoms with van der Waals surface area (Å²) >= 11 is 0. The maximum Gasteiger partial charge on any atom is 0.191 e. The number of nitrogens with one attached hydrogen (secondary N) is 2. The van der Waals surface area contributed by atoms with Crippen molar-refractivity contribution in [2.75, 3.05) is 26.8 Å². The molecule has 0 spiro atoms. The van der Waals surface area contributed by atoms with E-state index in [0.717, 1.165) is 37.2 Å². The third-order valence-electron chi connectivity index (χ3n) is 4.03. The Kier molecular flexibility index (Phi) is 8.90. The summed E-state index contributed by atoms with van der Waals surface area (Å²) in [5, 5.41) is 11.3. The molecule has 0 bridgehead atoms. The zero-order valence-electron chi connectivity index (χ0n) is 14.7. The van der Waals surface area contributed by atoms with Gasteiger partial charge in [0.15, 0.2) is 5.96 Å². The van der Waals surface area contributed by atoms with E-state index in [1.807, 2.05) is 11.6 Å². The Balaban J connectivity index is 0.00000264. The number of methoxy groups -OCH3 is 1. The van der Waals surface area contributed by atoms with Crippen LogP contribution in [-0.4, -0.2) is 42.5 Å². The van der Waals surface area contributed by atoms with Gasteiger partial charge in [0.2, 0.25) is 0 Å². The smallest absolute Gasteiger partial charge is 0.191 e. The van der Waals surface area contributed by atoms with E-state index in [9.17, 15) is 0 Å². The normalized spacial score (nSPS) is 14.5. The largest absolute Gasteiger partial charge is 0.383 e. The first kappa shape index (κ1) is 20.2. The van der Waals surface area contributed by atoms with Crippen molar-refractivity contribution in [2.24, 2.45) is 10.9 Å². The summed E-state index contributed by atoms with van der Waals surface area (Å²) in [6.07, 6.45) is 2.69. The maximum atomic E-state index is 5.13. The van der Waals surface area contributed by atoms with Gasteiger partial charge in [-0.1, -0.05) is 0 Å². The summed E-state index contributed by atoms with van der Waals surface area (Å²) in [5.41, 5.74) is 3.44. The van der Waals surface area contributed by atoms with Crippen LogP contribution in [0.2, 0.25) is 0 Å². The molecule has 23 heavy (non-hydrogen) atoms. The lowest BCUT2D eigenvalue weighted by molar-refractivity contribution is 0.182. The van der Waals surface area contributed by atoms with Gasteiger partial charge < -0.3 is 15.4 Å². The molecular weight excluding hydrogens is 405 g/mol. The van der Waals surface area contributed by atoms with E-state index in [1.54, 1.807) is 7.11 Å². The number of aliphatic imine (C=N–C) groups is 1. The predicted molar refractivity (Wildman–Crippen MR) is 105 cm³/mol.